The van der Waals surface area contributed by atoms with E-state index >= 15 is 0 Å². The van der Waals surface area contributed by atoms with Crippen LogP contribution in [0.2, 0.25) is 0 Å². The second-order valence-corrected chi connectivity index (χ2v) is 20.9. The molecule has 0 aliphatic carbocycles. The van der Waals surface area contributed by atoms with E-state index in [9.17, 15) is 2.74 Å². The summed E-state index contributed by atoms with van der Waals surface area (Å²) in [4.78, 5) is 4.85. The number of para-hydroxylation sites is 1. The van der Waals surface area contributed by atoms with E-state index in [1.165, 1.54) is 11.1 Å². The topological polar surface area (TPSA) is 33.1 Å². The molecular weight excluding hydrogens is 976 g/mol. The van der Waals surface area contributed by atoms with Crippen molar-refractivity contribution < 1.29 is 35.4 Å². The molecule has 330 valence electrons. The van der Waals surface area contributed by atoms with Gasteiger partial charge in [0.1, 0.15) is 11.5 Å². The number of rotatable bonds is 7. The molecule has 9 rings (SSSR count). The molecule has 0 unspecified atom stereocenters. The summed E-state index contributed by atoms with van der Waals surface area (Å²) in [5.41, 5.74) is 7.84. The van der Waals surface area contributed by atoms with Gasteiger partial charge in [0.15, 0.2) is 0 Å². The van der Waals surface area contributed by atoms with Gasteiger partial charge in [-0.2, -0.15) is 12.1 Å². The molecular formula is C59H60N4OPt+2. The summed E-state index contributed by atoms with van der Waals surface area (Å²) >= 11 is 0. The third kappa shape index (κ3) is 9.20. The van der Waals surface area contributed by atoms with Crippen LogP contribution in [0.15, 0.2) is 133 Å². The van der Waals surface area contributed by atoms with Crippen LogP contribution in [0.25, 0.3) is 38.8 Å². The van der Waals surface area contributed by atoms with Gasteiger partial charge in [0.25, 0.3) is 5.69 Å². The predicted octanol–water partition coefficient (Wildman–Crippen LogP) is 15.6. The molecule has 0 bridgehead atoms. The smallest absolute Gasteiger partial charge is 0.509 e. The molecule has 0 fully saturated rings. The Morgan fingerprint density at radius 3 is 2.02 bits per heavy atom. The fourth-order valence-corrected chi connectivity index (χ4v) is 8.16. The monoisotopic (exact) mass is 1040 g/mol. The average molecular weight is 1040 g/mol. The Kier molecular flexibility index (Phi) is 9.69. The minimum absolute atomic E-state index is 0. The second kappa shape index (κ2) is 16.8. The quantitative estimate of drug-likeness (QED) is 0.118. The molecule has 2 aromatic heterocycles. The van der Waals surface area contributed by atoms with Crippen molar-refractivity contribution in [1.82, 2.24) is 18.7 Å². The van der Waals surface area contributed by atoms with E-state index < -0.39 is 29.9 Å². The molecule has 5 nitrogen and oxygen atoms in total. The molecule has 0 atom stereocenters. The van der Waals surface area contributed by atoms with E-state index in [4.69, 9.17) is 16.6 Å². The van der Waals surface area contributed by atoms with Crippen molar-refractivity contribution in [3.63, 3.8) is 0 Å². The second-order valence-electron chi connectivity index (χ2n) is 20.9. The molecule has 0 saturated heterocycles. The molecule has 0 spiro atoms. The number of hydrogen-bond acceptors (Lipinski definition) is 2. The van der Waals surface area contributed by atoms with Crippen molar-refractivity contribution in [3.05, 3.63) is 168 Å². The molecule has 0 saturated carbocycles. The summed E-state index contributed by atoms with van der Waals surface area (Å²) in [6.45, 7) is 25.5. The van der Waals surface area contributed by atoms with Crippen molar-refractivity contribution in [2.45, 2.75) is 106 Å². The Hall–Kier alpha value is -5.86. The van der Waals surface area contributed by atoms with Crippen LogP contribution in [0, 0.1) is 17.5 Å². The van der Waals surface area contributed by atoms with Gasteiger partial charge in [-0.05, 0) is 84.0 Å². The van der Waals surface area contributed by atoms with Crippen LogP contribution >= 0.6 is 0 Å². The summed E-state index contributed by atoms with van der Waals surface area (Å²) in [6, 6.07) is 40.5. The molecule has 1 aliphatic rings. The number of pyridine rings is 1. The van der Waals surface area contributed by atoms with Crippen molar-refractivity contribution in [1.29, 1.82) is 0 Å². The van der Waals surface area contributed by atoms with E-state index in [0.29, 0.717) is 45.3 Å². The zero-order valence-corrected chi connectivity index (χ0v) is 41.6. The summed E-state index contributed by atoms with van der Waals surface area (Å²) in [7, 11) is 0. The normalized spacial score (nSPS) is 14.9. The molecule has 6 aromatic carbocycles. The van der Waals surface area contributed by atoms with Crippen molar-refractivity contribution in [2.24, 2.45) is 5.41 Å². The number of hydrogen-bond donors (Lipinski definition) is 0. The fraction of sp³-hybridized carbons (Fsp3) is 0.288. The summed E-state index contributed by atoms with van der Waals surface area (Å²) in [5, 5.41) is 1.58. The number of fused-ring (bicyclic) bond motifs is 4. The Balaban J connectivity index is 0.00000693. The van der Waals surface area contributed by atoms with Gasteiger partial charge in [0.05, 0.1) is 6.85 Å². The van der Waals surface area contributed by atoms with Gasteiger partial charge in [-0.15, -0.1) is 23.6 Å². The number of benzene rings is 6. The van der Waals surface area contributed by atoms with E-state index in [1.807, 2.05) is 101 Å². The van der Waals surface area contributed by atoms with Gasteiger partial charge < -0.3 is 9.30 Å². The molecule has 3 heterocycles. The van der Waals surface area contributed by atoms with Crippen LogP contribution in [0.1, 0.15) is 115 Å². The summed E-state index contributed by atoms with van der Waals surface area (Å²) in [6.07, 6.45) is 0.0749. The van der Waals surface area contributed by atoms with Gasteiger partial charge in [0, 0.05) is 49.7 Å². The molecule has 8 aromatic rings. The van der Waals surface area contributed by atoms with Crippen LogP contribution in [-0.4, -0.2) is 15.6 Å². The van der Waals surface area contributed by atoms with Crippen molar-refractivity contribution in [3.8, 4) is 28.4 Å². The van der Waals surface area contributed by atoms with Gasteiger partial charge in [-0.1, -0.05) is 166 Å². The largest absolute Gasteiger partial charge is 2.00 e. The molecule has 0 radical (unpaired) electrons. The van der Waals surface area contributed by atoms with Gasteiger partial charge >= 0.3 is 32.8 Å². The molecule has 1 aliphatic heterocycles. The molecule has 65 heavy (non-hydrogen) atoms. The van der Waals surface area contributed by atoms with E-state index in [-0.39, 0.29) is 55.0 Å². The Morgan fingerprint density at radius 1 is 0.662 bits per heavy atom. The third-order valence-corrected chi connectivity index (χ3v) is 11.6. The first kappa shape index (κ1) is 37.4. The van der Waals surface area contributed by atoms with Crippen LogP contribution in [0.4, 0.5) is 22.7 Å². The van der Waals surface area contributed by atoms with Gasteiger partial charge in [-0.3, -0.25) is 0 Å². The third-order valence-electron chi connectivity index (χ3n) is 11.6. The van der Waals surface area contributed by atoms with Gasteiger partial charge in [0.2, 0.25) is 5.69 Å². The maximum atomic E-state index is 9.56. The maximum absolute atomic E-state index is 9.56. The Labute approximate surface area is 410 Å². The van der Waals surface area contributed by atoms with E-state index in [2.05, 4.69) is 105 Å². The van der Waals surface area contributed by atoms with Crippen molar-refractivity contribution >= 4 is 50.6 Å². The minimum Gasteiger partial charge on any atom is -0.509 e. The van der Waals surface area contributed by atoms with Gasteiger partial charge in [-0.25, -0.2) is 4.98 Å². The van der Waals surface area contributed by atoms with Crippen molar-refractivity contribution in [2.75, 3.05) is 0 Å². The summed E-state index contributed by atoms with van der Waals surface area (Å²) in [5.74, 6) is 1.50. The number of nitrogens with zero attached hydrogens (tertiary/aromatic N) is 4. The average Bonchev–Trinajstić information content (AvgIpc) is 3.85. The van der Waals surface area contributed by atoms with E-state index in [1.54, 1.807) is 12.3 Å². The zero-order valence-electron chi connectivity index (χ0n) is 46.3. The summed E-state index contributed by atoms with van der Waals surface area (Å²) < 4.78 is 74.1. The standard InChI is InChI=1S/C59H60N4O.Pt/c1-56(2,3)37-41-20-16-23-52-55(41)62(46-32-43(58(7,8)9)31-44(33-46)59(10,11)12)38-61(52)45-21-17-22-47(35-45)64-48-25-26-49-50-30-40(39-18-14-13-15-19-39)24-27-51(50)63(53(49)36-48)54-34-42(28-29-60-54)57(4,5)6;/h13-34H,37H2,1-12H3;/q;+2/i13D,14D,15D,18D,19D,37D2;. The maximum Gasteiger partial charge on any atom is 2.00 e. The van der Waals surface area contributed by atoms with Crippen LogP contribution in [-0.2, 0) is 43.7 Å². The Morgan fingerprint density at radius 2 is 1.34 bits per heavy atom. The zero-order chi connectivity index (χ0) is 51.5. The fourth-order valence-electron chi connectivity index (χ4n) is 8.16. The first-order chi connectivity index (χ1) is 33.1. The van der Waals surface area contributed by atoms with Crippen LogP contribution in [0.3, 0.4) is 0 Å². The minimum atomic E-state index is -1.72. The first-order valence-corrected chi connectivity index (χ1v) is 22.0. The van der Waals surface area contributed by atoms with Crippen LogP contribution < -0.4 is 13.9 Å². The molecule has 0 N–H and O–H groups in total. The number of ether oxygens (including phenoxy) is 1. The van der Waals surface area contributed by atoms with Crippen LogP contribution in [0.5, 0.6) is 11.5 Å². The number of aromatic nitrogens is 2. The SMILES string of the molecule is [2H]c1c([2H])c([2H])c(-c2ccc3c(c2)c2ccc(Oc4[c-]c([N+]5=C=[N+](c6cc(C(C)(C)C)cc(C(C)(C)C)c6)c6c5cccc6C([2H])([2H])C(C)(C)C)ccc4)[c-]c2n3-c2cc(C(C)(C)C)ccn2)c([2H])c1[2H].[Pt+2]. The molecule has 0 amide bonds. The molecule has 6 heteroatoms. The van der Waals surface area contributed by atoms with E-state index in [0.717, 1.165) is 33.2 Å². The Bertz CT molecular complexity index is 3520. The predicted molar refractivity (Wildman–Crippen MR) is 268 cm³/mol. The first-order valence-electron chi connectivity index (χ1n) is 25.5.